The average molecular weight is 511 g/mol. The van der Waals surface area contributed by atoms with Crippen molar-refractivity contribution in [2.24, 2.45) is 4.99 Å². The maximum atomic E-state index is 12.2. The third kappa shape index (κ3) is 6.34. The lowest BCUT2D eigenvalue weighted by atomic mass is 10.2. The maximum absolute atomic E-state index is 12.2. The molecule has 150 valence electrons. The Balaban J connectivity index is 0.00000280. The number of nitrogens with zero attached hydrogens (tertiary/aromatic N) is 2. The zero-order chi connectivity index (χ0) is 19.1. The number of hydrogen-bond donors (Lipinski definition) is 1. The van der Waals surface area contributed by atoms with Crippen LogP contribution < -0.4 is 5.32 Å². The second-order valence-corrected chi connectivity index (χ2v) is 7.93. The summed E-state index contributed by atoms with van der Waals surface area (Å²) in [5.74, 6) is 2.80. The lowest BCUT2D eigenvalue weighted by molar-refractivity contribution is 0.413. The van der Waals surface area contributed by atoms with Gasteiger partial charge in [-0.25, -0.2) is 0 Å². The monoisotopic (exact) mass is 511 g/mol. The number of nitrogens with one attached hydrogen (secondary N) is 1. The Morgan fingerprint density at radius 1 is 1.14 bits per heavy atom. The van der Waals surface area contributed by atoms with Crippen molar-refractivity contribution in [3.63, 3.8) is 0 Å². The predicted octanol–water partition coefficient (Wildman–Crippen LogP) is 4.01. The van der Waals surface area contributed by atoms with Crippen molar-refractivity contribution in [1.82, 2.24) is 10.2 Å². The largest absolute Gasteiger partial charge is 0.459 e. The molecule has 0 saturated carbocycles. The van der Waals surface area contributed by atoms with Crippen molar-refractivity contribution in [2.75, 3.05) is 26.4 Å². The zero-order valence-corrected chi connectivity index (χ0v) is 19.3. The molecule has 0 aliphatic heterocycles. The molecule has 3 rings (SSSR count). The van der Waals surface area contributed by atoms with E-state index < -0.39 is 10.8 Å². The molecule has 0 fully saturated rings. The molecule has 1 atom stereocenters. The molecule has 0 aliphatic carbocycles. The highest BCUT2D eigenvalue weighted by atomic mass is 127. The van der Waals surface area contributed by atoms with Crippen LogP contribution in [0.2, 0.25) is 0 Å². The van der Waals surface area contributed by atoms with Crippen molar-refractivity contribution in [1.29, 1.82) is 0 Å². The SMILES string of the molecule is CN=C(NCCS(=O)Cc1ccccc1)N(C)Cc1cc2ccccc2o1.I. The summed E-state index contributed by atoms with van der Waals surface area (Å²) in [6, 6.07) is 19.9. The van der Waals surface area contributed by atoms with Gasteiger partial charge in [-0.2, -0.15) is 0 Å². The first-order valence-corrected chi connectivity index (χ1v) is 10.4. The van der Waals surface area contributed by atoms with E-state index in [2.05, 4.69) is 10.3 Å². The molecule has 0 bridgehead atoms. The van der Waals surface area contributed by atoms with Crippen LogP contribution in [0.25, 0.3) is 11.0 Å². The Bertz CT molecular complexity index is 895. The van der Waals surface area contributed by atoms with E-state index in [1.807, 2.05) is 72.6 Å². The van der Waals surface area contributed by atoms with Crippen LogP contribution in [0.1, 0.15) is 11.3 Å². The van der Waals surface area contributed by atoms with Gasteiger partial charge in [0, 0.05) is 48.3 Å². The first-order chi connectivity index (χ1) is 13.2. The molecule has 7 heteroatoms. The number of fused-ring (bicyclic) bond motifs is 1. The number of guanidine groups is 1. The minimum Gasteiger partial charge on any atom is -0.459 e. The number of hydrogen-bond acceptors (Lipinski definition) is 3. The Morgan fingerprint density at radius 3 is 2.57 bits per heavy atom. The first kappa shape index (κ1) is 22.4. The van der Waals surface area contributed by atoms with Gasteiger partial charge in [0.1, 0.15) is 11.3 Å². The van der Waals surface area contributed by atoms with E-state index >= 15 is 0 Å². The highest BCUT2D eigenvalue weighted by Gasteiger charge is 2.10. The summed E-state index contributed by atoms with van der Waals surface area (Å²) in [4.78, 5) is 6.31. The number of benzene rings is 2. The molecule has 1 aromatic heterocycles. The van der Waals surface area contributed by atoms with Gasteiger partial charge in [0.2, 0.25) is 0 Å². The lowest BCUT2D eigenvalue weighted by Crippen LogP contribution is -2.40. The second kappa shape index (κ2) is 11.2. The van der Waals surface area contributed by atoms with Crippen LogP contribution >= 0.6 is 24.0 Å². The average Bonchev–Trinajstić information content (AvgIpc) is 3.08. The standard InChI is InChI=1S/C21H25N3O2S.HI/c1-22-21(23-12-13-27(25)16-17-8-4-3-5-9-17)24(2)15-19-14-18-10-6-7-11-20(18)26-19;/h3-11,14H,12-13,15-16H2,1-2H3,(H,22,23);1H. The Labute approximate surface area is 185 Å². The molecule has 0 radical (unpaired) electrons. The number of rotatable bonds is 7. The van der Waals surface area contributed by atoms with Crippen LogP contribution in [-0.4, -0.2) is 41.5 Å². The Hall–Kier alpha value is -1.87. The fourth-order valence-corrected chi connectivity index (χ4v) is 3.96. The number of aliphatic imine (C=N–C) groups is 1. The van der Waals surface area contributed by atoms with Crippen LogP contribution in [0.3, 0.4) is 0 Å². The predicted molar refractivity (Wildman–Crippen MR) is 128 cm³/mol. The van der Waals surface area contributed by atoms with E-state index in [0.717, 1.165) is 28.3 Å². The highest BCUT2D eigenvalue weighted by Crippen LogP contribution is 2.19. The summed E-state index contributed by atoms with van der Waals surface area (Å²) in [7, 11) is 2.80. The van der Waals surface area contributed by atoms with Gasteiger partial charge < -0.3 is 14.6 Å². The lowest BCUT2D eigenvalue weighted by Gasteiger charge is -2.20. The number of furan rings is 1. The molecule has 1 N–H and O–H groups in total. The summed E-state index contributed by atoms with van der Waals surface area (Å²) < 4.78 is 18.1. The molecular weight excluding hydrogens is 485 g/mol. The number of halogens is 1. The van der Waals surface area contributed by atoms with Crippen molar-refractivity contribution in [3.8, 4) is 0 Å². The minimum atomic E-state index is -0.906. The normalized spacial score (nSPS) is 12.4. The van der Waals surface area contributed by atoms with Crippen molar-refractivity contribution in [2.45, 2.75) is 12.3 Å². The molecule has 3 aromatic rings. The Kier molecular flexibility index (Phi) is 8.98. The summed E-state index contributed by atoms with van der Waals surface area (Å²) in [5.41, 5.74) is 1.99. The van der Waals surface area contributed by atoms with E-state index in [0.29, 0.717) is 24.6 Å². The van der Waals surface area contributed by atoms with Crippen LogP contribution in [-0.2, 0) is 23.1 Å². The van der Waals surface area contributed by atoms with Gasteiger partial charge in [-0.05, 0) is 17.7 Å². The zero-order valence-electron chi connectivity index (χ0n) is 16.1. The smallest absolute Gasteiger partial charge is 0.193 e. The second-order valence-electron chi connectivity index (χ2n) is 6.35. The van der Waals surface area contributed by atoms with Gasteiger partial charge in [0.25, 0.3) is 0 Å². The fourth-order valence-electron chi connectivity index (χ4n) is 2.92. The Morgan fingerprint density at radius 2 is 1.86 bits per heavy atom. The molecule has 5 nitrogen and oxygen atoms in total. The van der Waals surface area contributed by atoms with Gasteiger partial charge in [-0.3, -0.25) is 9.20 Å². The van der Waals surface area contributed by atoms with Crippen LogP contribution in [0.15, 0.2) is 70.1 Å². The summed E-state index contributed by atoms with van der Waals surface area (Å²) in [6.45, 7) is 1.22. The van der Waals surface area contributed by atoms with Crippen molar-refractivity contribution < 1.29 is 8.63 Å². The van der Waals surface area contributed by atoms with E-state index in [-0.39, 0.29) is 24.0 Å². The van der Waals surface area contributed by atoms with E-state index in [9.17, 15) is 4.21 Å². The van der Waals surface area contributed by atoms with E-state index in [1.165, 1.54) is 0 Å². The van der Waals surface area contributed by atoms with Gasteiger partial charge in [-0.1, -0.05) is 48.5 Å². The molecule has 0 spiro atoms. The van der Waals surface area contributed by atoms with Crippen molar-refractivity contribution >= 4 is 51.7 Å². The molecule has 28 heavy (non-hydrogen) atoms. The van der Waals surface area contributed by atoms with E-state index in [4.69, 9.17) is 4.42 Å². The molecule has 1 unspecified atom stereocenters. The summed E-state index contributed by atoms with van der Waals surface area (Å²) >= 11 is 0. The first-order valence-electron chi connectivity index (χ1n) is 8.94. The van der Waals surface area contributed by atoms with Gasteiger partial charge in [0.15, 0.2) is 5.96 Å². The molecule has 0 amide bonds. The summed E-state index contributed by atoms with van der Waals surface area (Å²) in [5, 5.41) is 4.38. The molecule has 1 heterocycles. The molecular formula is C21H26IN3O2S. The van der Waals surface area contributed by atoms with Crippen LogP contribution in [0.4, 0.5) is 0 Å². The minimum absolute atomic E-state index is 0. The molecule has 2 aromatic carbocycles. The fraction of sp³-hybridized carbons (Fsp3) is 0.286. The van der Waals surface area contributed by atoms with Crippen LogP contribution in [0.5, 0.6) is 0 Å². The highest BCUT2D eigenvalue weighted by molar-refractivity contribution is 14.0. The topological polar surface area (TPSA) is 57.8 Å². The quantitative estimate of drug-likeness (QED) is 0.296. The van der Waals surface area contributed by atoms with Gasteiger partial charge >= 0.3 is 0 Å². The number of para-hydroxylation sites is 1. The van der Waals surface area contributed by atoms with Crippen molar-refractivity contribution in [3.05, 3.63) is 72.0 Å². The third-order valence-electron chi connectivity index (χ3n) is 4.23. The third-order valence-corrected chi connectivity index (χ3v) is 5.54. The van der Waals surface area contributed by atoms with Gasteiger partial charge in [-0.15, -0.1) is 24.0 Å². The maximum Gasteiger partial charge on any atom is 0.193 e. The molecule has 0 saturated heterocycles. The summed E-state index contributed by atoms with van der Waals surface area (Å²) in [6.07, 6.45) is 0. The van der Waals surface area contributed by atoms with E-state index in [1.54, 1.807) is 7.05 Å². The molecule has 0 aliphatic rings. The van der Waals surface area contributed by atoms with Crippen LogP contribution in [0, 0.1) is 0 Å². The van der Waals surface area contributed by atoms with Gasteiger partial charge in [0.05, 0.1) is 6.54 Å².